The Labute approximate surface area is 166 Å². The Bertz CT molecular complexity index is 908. The maximum Gasteiger partial charge on any atom is 0.297 e. The first-order valence-electron chi connectivity index (χ1n) is 7.71. The van der Waals surface area contributed by atoms with Gasteiger partial charge in [0.1, 0.15) is 5.75 Å². The molecule has 1 aromatic carbocycles. The maximum atomic E-state index is 13.2. The van der Waals surface area contributed by atoms with Crippen LogP contribution in [0.5, 0.6) is 5.75 Å². The molecule has 27 heavy (non-hydrogen) atoms. The van der Waals surface area contributed by atoms with Gasteiger partial charge < -0.3 is 9.84 Å². The van der Waals surface area contributed by atoms with E-state index >= 15 is 0 Å². The zero-order valence-electron chi connectivity index (χ0n) is 13.9. The molecule has 0 saturated heterocycles. The lowest BCUT2D eigenvalue weighted by Crippen LogP contribution is -2.51. The number of hydrogen-bond acceptors (Lipinski definition) is 5. The summed E-state index contributed by atoms with van der Waals surface area (Å²) in [6.07, 6.45) is -2.15. The monoisotopic (exact) mass is 462 g/mol. The van der Waals surface area contributed by atoms with Crippen LogP contribution >= 0.6 is 27.5 Å². The second kappa shape index (κ2) is 7.53. The van der Waals surface area contributed by atoms with E-state index in [9.17, 15) is 18.7 Å². The first kappa shape index (κ1) is 19.7. The summed E-state index contributed by atoms with van der Waals surface area (Å²) < 4.78 is 34.0. The minimum atomic E-state index is -3.17. The molecule has 3 rings (SSSR count). The van der Waals surface area contributed by atoms with Crippen molar-refractivity contribution in [3.05, 3.63) is 45.7 Å². The van der Waals surface area contributed by atoms with Crippen molar-refractivity contribution in [1.82, 2.24) is 14.8 Å². The molecule has 2 aromatic rings. The highest BCUT2D eigenvalue weighted by Gasteiger charge is 2.51. The molecular weight excluding hydrogens is 450 g/mol. The molecule has 1 aliphatic heterocycles. The Morgan fingerprint density at radius 3 is 2.89 bits per heavy atom. The molecule has 1 aliphatic rings. The fourth-order valence-corrected chi connectivity index (χ4v) is 3.32. The van der Waals surface area contributed by atoms with Gasteiger partial charge in [0.25, 0.3) is 12.3 Å². The van der Waals surface area contributed by atoms with E-state index in [4.69, 9.17) is 16.3 Å². The van der Waals surface area contributed by atoms with Crippen molar-refractivity contribution in [3.8, 4) is 5.75 Å². The minimum absolute atomic E-state index is 0.0328. The first-order valence-corrected chi connectivity index (χ1v) is 8.88. The second-order valence-electron chi connectivity index (χ2n) is 5.90. The highest BCUT2D eigenvalue weighted by molar-refractivity contribution is 9.10. The largest absolute Gasteiger partial charge is 0.470 e. The average molecular weight is 464 g/mol. The Morgan fingerprint density at radius 2 is 2.22 bits per heavy atom. The van der Waals surface area contributed by atoms with E-state index in [0.29, 0.717) is 20.3 Å². The van der Waals surface area contributed by atoms with Crippen LogP contribution in [-0.4, -0.2) is 43.7 Å². The molecule has 0 aliphatic carbocycles. The Hall–Kier alpha value is -2.04. The van der Waals surface area contributed by atoms with Gasteiger partial charge in [0.2, 0.25) is 5.72 Å². The van der Waals surface area contributed by atoms with Gasteiger partial charge in [0, 0.05) is 23.4 Å². The lowest BCUT2D eigenvalue weighted by molar-refractivity contribution is -0.164. The standard InChI is InChI=1S/C16H14BrClF2N4O3/c1-9-7-16(26,15(19)20)24(21-9)14(25)12-4-5-23(22-12)8-27-13-3-2-10(18)6-11(13)17/h2-6,15,26H,7-8H2,1H3/t16-/m1/s1. The molecule has 2 heterocycles. The molecule has 1 atom stereocenters. The fraction of sp³-hybridized carbons (Fsp3) is 0.312. The third-order valence-electron chi connectivity index (χ3n) is 3.80. The Kier molecular flexibility index (Phi) is 5.50. The van der Waals surface area contributed by atoms with Crippen molar-refractivity contribution in [2.75, 3.05) is 0 Å². The average Bonchev–Trinajstić information content (AvgIpc) is 3.18. The number of amides is 1. The quantitative estimate of drug-likeness (QED) is 0.736. The smallest absolute Gasteiger partial charge is 0.297 e. The predicted molar refractivity (Wildman–Crippen MR) is 96.9 cm³/mol. The molecule has 1 N–H and O–H groups in total. The summed E-state index contributed by atoms with van der Waals surface area (Å²) in [7, 11) is 0. The van der Waals surface area contributed by atoms with Gasteiger partial charge in [-0.05, 0) is 47.1 Å². The van der Waals surface area contributed by atoms with Gasteiger partial charge in [-0.25, -0.2) is 13.5 Å². The van der Waals surface area contributed by atoms with E-state index in [1.165, 1.54) is 23.9 Å². The first-order chi connectivity index (χ1) is 12.7. The molecule has 11 heteroatoms. The van der Waals surface area contributed by atoms with Crippen LogP contribution in [0.15, 0.2) is 40.0 Å². The van der Waals surface area contributed by atoms with Crippen LogP contribution in [0.4, 0.5) is 8.78 Å². The zero-order chi connectivity index (χ0) is 19.8. The number of nitrogens with zero attached hydrogens (tertiary/aromatic N) is 4. The second-order valence-corrected chi connectivity index (χ2v) is 7.19. The van der Waals surface area contributed by atoms with Gasteiger partial charge in [-0.2, -0.15) is 15.2 Å². The number of hydrogen-bond donors (Lipinski definition) is 1. The number of aliphatic hydroxyl groups is 1. The number of aromatic nitrogens is 2. The highest BCUT2D eigenvalue weighted by atomic mass is 79.9. The van der Waals surface area contributed by atoms with Crippen molar-refractivity contribution in [2.24, 2.45) is 5.10 Å². The van der Waals surface area contributed by atoms with Crippen molar-refractivity contribution < 1.29 is 23.4 Å². The lowest BCUT2D eigenvalue weighted by atomic mass is 10.1. The summed E-state index contributed by atoms with van der Waals surface area (Å²) >= 11 is 9.17. The molecule has 0 fully saturated rings. The van der Waals surface area contributed by atoms with Gasteiger partial charge in [0.05, 0.1) is 4.47 Å². The van der Waals surface area contributed by atoms with Crippen molar-refractivity contribution in [3.63, 3.8) is 0 Å². The van der Waals surface area contributed by atoms with E-state index in [0.717, 1.165) is 0 Å². The number of carbonyl (C=O) groups excluding carboxylic acids is 1. The molecule has 0 radical (unpaired) electrons. The van der Waals surface area contributed by atoms with Gasteiger partial charge in [-0.1, -0.05) is 11.6 Å². The van der Waals surface area contributed by atoms with Crippen LogP contribution in [0.1, 0.15) is 23.8 Å². The van der Waals surface area contributed by atoms with Crippen molar-refractivity contribution in [1.29, 1.82) is 0 Å². The fourth-order valence-electron chi connectivity index (χ4n) is 2.52. The zero-order valence-corrected chi connectivity index (χ0v) is 16.3. The Morgan fingerprint density at radius 1 is 1.48 bits per heavy atom. The number of alkyl halides is 2. The molecule has 0 saturated carbocycles. The normalized spacial score (nSPS) is 19.5. The number of hydrazone groups is 1. The van der Waals surface area contributed by atoms with Crippen LogP contribution in [-0.2, 0) is 6.73 Å². The van der Waals surface area contributed by atoms with Gasteiger partial charge in [0.15, 0.2) is 12.4 Å². The summed E-state index contributed by atoms with van der Waals surface area (Å²) in [6, 6.07) is 6.30. The van der Waals surface area contributed by atoms with Crippen LogP contribution in [0.25, 0.3) is 0 Å². The number of rotatable bonds is 5. The number of carbonyl (C=O) groups is 1. The summed E-state index contributed by atoms with van der Waals surface area (Å²) in [5.41, 5.74) is -2.59. The van der Waals surface area contributed by atoms with E-state index in [2.05, 4.69) is 26.1 Å². The van der Waals surface area contributed by atoms with E-state index < -0.39 is 24.5 Å². The maximum absolute atomic E-state index is 13.2. The third kappa shape index (κ3) is 3.97. The van der Waals surface area contributed by atoms with Crippen LogP contribution in [0.3, 0.4) is 0 Å². The molecule has 1 aromatic heterocycles. The summed E-state index contributed by atoms with van der Waals surface area (Å²) in [5, 5.41) is 18.8. The van der Waals surface area contributed by atoms with E-state index in [1.54, 1.807) is 18.2 Å². The number of benzene rings is 1. The lowest BCUT2D eigenvalue weighted by Gasteiger charge is -2.29. The topological polar surface area (TPSA) is 80.0 Å². The molecule has 7 nitrogen and oxygen atoms in total. The van der Waals surface area contributed by atoms with Gasteiger partial charge in [-0.15, -0.1) is 0 Å². The molecule has 1 amide bonds. The highest BCUT2D eigenvalue weighted by Crippen LogP contribution is 2.32. The van der Waals surface area contributed by atoms with Crippen molar-refractivity contribution >= 4 is 39.1 Å². The molecule has 0 spiro atoms. The molecule has 0 unspecified atom stereocenters. The van der Waals surface area contributed by atoms with Gasteiger partial charge >= 0.3 is 0 Å². The summed E-state index contributed by atoms with van der Waals surface area (Å²) in [5.74, 6) is -0.421. The summed E-state index contributed by atoms with van der Waals surface area (Å²) in [6.45, 7) is 1.42. The van der Waals surface area contributed by atoms with Gasteiger partial charge in [-0.3, -0.25) is 4.79 Å². The third-order valence-corrected chi connectivity index (χ3v) is 4.66. The molecule has 0 bridgehead atoms. The molecule has 144 valence electrons. The number of ether oxygens (including phenoxy) is 1. The SMILES string of the molecule is CC1=NN(C(=O)c2ccn(COc3ccc(Cl)cc3Br)n2)[C@](O)(C(F)F)C1. The predicted octanol–water partition coefficient (Wildman–Crippen LogP) is 3.51. The van der Waals surface area contributed by atoms with Crippen LogP contribution in [0.2, 0.25) is 5.02 Å². The molecular formula is C16H14BrClF2N4O3. The number of halogens is 4. The summed E-state index contributed by atoms with van der Waals surface area (Å²) in [4.78, 5) is 12.5. The van der Waals surface area contributed by atoms with E-state index in [-0.39, 0.29) is 18.1 Å². The van der Waals surface area contributed by atoms with Crippen LogP contribution in [0, 0.1) is 0 Å². The van der Waals surface area contributed by atoms with Crippen molar-refractivity contribution in [2.45, 2.75) is 32.2 Å². The minimum Gasteiger partial charge on any atom is -0.470 e. The Balaban J connectivity index is 1.72. The van der Waals surface area contributed by atoms with Crippen LogP contribution < -0.4 is 4.74 Å². The van der Waals surface area contributed by atoms with E-state index in [1.807, 2.05) is 0 Å².